The molecular weight excluding hydrogens is 382 g/mol. The molecule has 3 N–H and O–H groups in total. The Hall–Kier alpha value is -1.45. The Morgan fingerprint density at radius 2 is 1.54 bits per heavy atom. The Bertz CT molecular complexity index is 559. The Labute approximate surface area is 169 Å². The molecule has 0 spiro atoms. The van der Waals surface area contributed by atoms with E-state index in [4.69, 9.17) is 19.6 Å². The summed E-state index contributed by atoms with van der Waals surface area (Å²) in [6, 6.07) is -1.07. The molecule has 0 aliphatic heterocycles. The van der Waals surface area contributed by atoms with Crippen LogP contribution in [0.5, 0.6) is 0 Å². The van der Waals surface area contributed by atoms with Crippen molar-refractivity contribution < 1.29 is 33.4 Å². The molecule has 0 saturated carbocycles. The normalized spacial score (nSPS) is 17.8. The molecule has 0 rings (SSSR count). The molecule has 0 radical (unpaired) electrons. The number of esters is 2. The molecule has 2 unspecified atom stereocenters. The first-order valence-corrected chi connectivity index (χ1v) is 12.5. The topological polar surface area (TPSA) is 125 Å². The van der Waals surface area contributed by atoms with Crippen LogP contribution in [0.25, 0.3) is 0 Å². The first kappa shape index (κ1) is 26.5. The highest BCUT2D eigenvalue weighted by atomic mass is 28.4. The summed E-state index contributed by atoms with van der Waals surface area (Å²) in [5.74, 6) is -3.34. The average molecular weight is 420 g/mol. The lowest BCUT2D eigenvalue weighted by Crippen LogP contribution is -2.51. The number of nitrogens with two attached hydrogens (primary N) is 1. The van der Waals surface area contributed by atoms with E-state index in [0.717, 1.165) is 0 Å². The van der Waals surface area contributed by atoms with Crippen LogP contribution < -0.4 is 5.73 Å². The molecule has 9 heteroatoms. The van der Waals surface area contributed by atoms with Crippen molar-refractivity contribution in [3.63, 3.8) is 0 Å². The van der Waals surface area contributed by atoms with Crippen molar-refractivity contribution in [3.8, 4) is 0 Å². The number of carbonyl (C=O) groups is 3. The summed E-state index contributed by atoms with van der Waals surface area (Å²) in [4.78, 5) is 35.7. The quantitative estimate of drug-likeness (QED) is 0.409. The number of carboxylic acids is 1. The van der Waals surface area contributed by atoms with Crippen molar-refractivity contribution >= 4 is 26.2 Å². The maximum absolute atomic E-state index is 12.3. The lowest BCUT2D eigenvalue weighted by Gasteiger charge is -2.39. The van der Waals surface area contributed by atoms with Crippen molar-refractivity contribution in [2.75, 3.05) is 0 Å². The van der Waals surface area contributed by atoms with E-state index in [1.165, 1.54) is 6.92 Å². The highest BCUT2D eigenvalue weighted by Crippen LogP contribution is 2.37. The Morgan fingerprint density at radius 3 is 1.93 bits per heavy atom. The van der Waals surface area contributed by atoms with Gasteiger partial charge in [-0.15, -0.1) is 0 Å². The standard InChI is InChI=1S/C19H37NO7Si/c1-10-11(2)15(16(21)22)26-17(23)13(4)25-18(24)14(20)12(3)27-28(8,9)19(5,6)7/h11-15H,10,20H2,1-9H3,(H,21,22)/t11?,12?,13-,14-,15-/m0/s1. The van der Waals surface area contributed by atoms with E-state index in [0.29, 0.717) is 6.42 Å². The minimum atomic E-state index is -2.13. The number of aliphatic carboxylic acids is 1. The van der Waals surface area contributed by atoms with Crippen LogP contribution in [-0.2, 0) is 28.3 Å². The minimum absolute atomic E-state index is 0.0518. The maximum atomic E-state index is 12.3. The van der Waals surface area contributed by atoms with Crippen LogP contribution in [0.15, 0.2) is 0 Å². The second-order valence-electron chi connectivity index (χ2n) is 8.77. The molecule has 0 aliphatic rings. The molecule has 28 heavy (non-hydrogen) atoms. The molecule has 0 bridgehead atoms. The van der Waals surface area contributed by atoms with Gasteiger partial charge < -0.3 is 24.7 Å². The fraction of sp³-hybridized carbons (Fsp3) is 0.842. The third-order valence-electron chi connectivity index (χ3n) is 5.34. The van der Waals surface area contributed by atoms with Gasteiger partial charge in [0.05, 0.1) is 6.10 Å². The van der Waals surface area contributed by atoms with Crippen LogP contribution in [0.4, 0.5) is 0 Å². The van der Waals surface area contributed by atoms with Crippen molar-refractivity contribution in [2.24, 2.45) is 11.7 Å². The van der Waals surface area contributed by atoms with Crippen LogP contribution >= 0.6 is 0 Å². The number of hydrogen-bond donors (Lipinski definition) is 2. The molecular formula is C19H37NO7Si. The van der Waals surface area contributed by atoms with Crippen LogP contribution in [0.2, 0.25) is 18.1 Å². The minimum Gasteiger partial charge on any atom is -0.478 e. The zero-order chi connectivity index (χ0) is 22.4. The summed E-state index contributed by atoms with van der Waals surface area (Å²) in [6.07, 6.45) is -2.65. The largest absolute Gasteiger partial charge is 0.478 e. The van der Waals surface area contributed by atoms with Gasteiger partial charge in [-0.05, 0) is 38.4 Å². The van der Waals surface area contributed by atoms with E-state index in [1.54, 1.807) is 20.8 Å². The molecule has 5 atom stereocenters. The third-order valence-corrected chi connectivity index (χ3v) is 9.91. The third kappa shape index (κ3) is 7.52. The van der Waals surface area contributed by atoms with Gasteiger partial charge in [0.15, 0.2) is 14.4 Å². The number of rotatable bonds is 10. The zero-order valence-electron chi connectivity index (χ0n) is 18.6. The van der Waals surface area contributed by atoms with Crippen molar-refractivity contribution in [3.05, 3.63) is 0 Å². The molecule has 0 aromatic carbocycles. The van der Waals surface area contributed by atoms with Gasteiger partial charge in [-0.1, -0.05) is 34.6 Å². The van der Waals surface area contributed by atoms with E-state index < -0.39 is 50.6 Å². The number of carboxylic acid groups (broad SMARTS) is 1. The van der Waals surface area contributed by atoms with Gasteiger partial charge in [0.1, 0.15) is 6.04 Å². The molecule has 8 nitrogen and oxygen atoms in total. The number of ether oxygens (including phenoxy) is 2. The van der Waals surface area contributed by atoms with Crippen molar-refractivity contribution in [1.29, 1.82) is 0 Å². The number of carbonyl (C=O) groups excluding carboxylic acids is 2. The molecule has 0 heterocycles. The summed E-state index contributed by atoms with van der Waals surface area (Å²) < 4.78 is 16.2. The highest BCUT2D eigenvalue weighted by molar-refractivity contribution is 6.74. The molecule has 0 fully saturated rings. The van der Waals surface area contributed by atoms with Crippen molar-refractivity contribution in [2.45, 2.75) is 97.4 Å². The lowest BCUT2D eigenvalue weighted by atomic mass is 10.0. The summed E-state index contributed by atoms with van der Waals surface area (Å²) in [6.45, 7) is 16.8. The Balaban J connectivity index is 4.91. The van der Waals surface area contributed by atoms with Gasteiger partial charge in [-0.3, -0.25) is 4.79 Å². The first-order chi connectivity index (χ1) is 12.5. The summed E-state index contributed by atoms with van der Waals surface area (Å²) in [5.41, 5.74) is 5.96. The molecule has 0 aromatic rings. The average Bonchev–Trinajstić information content (AvgIpc) is 2.55. The number of hydrogen-bond acceptors (Lipinski definition) is 7. The zero-order valence-corrected chi connectivity index (χ0v) is 19.6. The van der Waals surface area contributed by atoms with E-state index >= 15 is 0 Å². The molecule has 0 aliphatic carbocycles. The van der Waals surface area contributed by atoms with E-state index in [2.05, 4.69) is 20.8 Å². The lowest BCUT2D eigenvalue weighted by molar-refractivity contribution is -0.179. The summed E-state index contributed by atoms with van der Waals surface area (Å²) >= 11 is 0. The van der Waals surface area contributed by atoms with Crippen LogP contribution in [-0.4, -0.2) is 55.7 Å². The molecule has 0 aromatic heterocycles. The van der Waals surface area contributed by atoms with Crippen LogP contribution in [0.1, 0.15) is 54.9 Å². The predicted molar refractivity (Wildman–Crippen MR) is 108 cm³/mol. The van der Waals surface area contributed by atoms with Gasteiger partial charge in [0.25, 0.3) is 0 Å². The van der Waals surface area contributed by atoms with E-state index in [-0.39, 0.29) is 11.0 Å². The second kappa shape index (κ2) is 10.4. The Kier molecular flexibility index (Phi) is 9.82. The SMILES string of the molecule is CCC(C)[C@H](OC(=O)[C@H](C)OC(=O)[C@@H](N)C(C)O[Si](C)(C)C(C)(C)C)C(=O)O. The maximum Gasteiger partial charge on any atom is 0.348 e. The fourth-order valence-electron chi connectivity index (χ4n) is 2.05. The van der Waals surface area contributed by atoms with Gasteiger partial charge in [-0.25, -0.2) is 9.59 Å². The monoisotopic (exact) mass is 419 g/mol. The van der Waals surface area contributed by atoms with Gasteiger partial charge >= 0.3 is 17.9 Å². The summed E-state index contributed by atoms with van der Waals surface area (Å²) in [5, 5.41) is 9.15. The highest BCUT2D eigenvalue weighted by Gasteiger charge is 2.41. The van der Waals surface area contributed by atoms with E-state index in [1.807, 2.05) is 13.1 Å². The van der Waals surface area contributed by atoms with Crippen LogP contribution in [0, 0.1) is 5.92 Å². The van der Waals surface area contributed by atoms with Gasteiger partial charge in [0, 0.05) is 5.92 Å². The van der Waals surface area contributed by atoms with Gasteiger partial charge in [-0.2, -0.15) is 0 Å². The fourth-order valence-corrected chi connectivity index (χ4v) is 3.48. The Morgan fingerprint density at radius 1 is 1.04 bits per heavy atom. The summed E-state index contributed by atoms with van der Waals surface area (Å²) in [7, 11) is -2.13. The smallest absolute Gasteiger partial charge is 0.348 e. The first-order valence-electron chi connectivity index (χ1n) is 9.62. The predicted octanol–water partition coefficient (Wildman–Crippen LogP) is 2.70. The van der Waals surface area contributed by atoms with Crippen molar-refractivity contribution in [1.82, 2.24) is 0 Å². The molecule has 0 amide bonds. The molecule has 0 saturated heterocycles. The van der Waals surface area contributed by atoms with Gasteiger partial charge in [0.2, 0.25) is 6.10 Å². The second-order valence-corrected chi connectivity index (χ2v) is 13.5. The van der Waals surface area contributed by atoms with E-state index in [9.17, 15) is 19.5 Å². The van der Waals surface area contributed by atoms with Crippen LogP contribution in [0.3, 0.4) is 0 Å². The molecule has 164 valence electrons.